The second-order valence-electron chi connectivity index (χ2n) is 2.37. The van der Waals surface area contributed by atoms with E-state index < -0.39 is 6.09 Å². The third-order valence-electron chi connectivity index (χ3n) is 1.33. The van der Waals surface area contributed by atoms with E-state index in [2.05, 4.69) is 20.6 Å². The second kappa shape index (κ2) is 5.23. The van der Waals surface area contributed by atoms with Gasteiger partial charge in [-0.05, 0) is 17.7 Å². The summed E-state index contributed by atoms with van der Waals surface area (Å²) >= 11 is 5.54. The van der Waals surface area contributed by atoms with Crippen molar-refractivity contribution in [2.45, 2.75) is 0 Å². The quantitative estimate of drug-likeness (QED) is 0.512. The highest BCUT2D eigenvalue weighted by Gasteiger charge is 1.96. The molecule has 0 aliphatic rings. The van der Waals surface area contributed by atoms with Crippen LogP contribution in [0.5, 0.6) is 0 Å². The minimum Gasteiger partial charge on any atom is -0.465 e. The van der Waals surface area contributed by atoms with Gasteiger partial charge in [0.15, 0.2) is 0 Å². The van der Waals surface area contributed by atoms with Gasteiger partial charge < -0.3 is 15.7 Å². The van der Waals surface area contributed by atoms with Crippen molar-refractivity contribution in [2.24, 2.45) is 0 Å². The molecule has 1 aromatic rings. The van der Waals surface area contributed by atoms with E-state index >= 15 is 0 Å². The monoisotopic (exact) mass is 216 g/mol. The number of aromatic nitrogens is 2. The lowest BCUT2D eigenvalue weighted by Gasteiger charge is -2.04. The summed E-state index contributed by atoms with van der Waals surface area (Å²) < 4.78 is 0. The van der Waals surface area contributed by atoms with Crippen molar-refractivity contribution >= 4 is 23.5 Å². The van der Waals surface area contributed by atoms with Crippen LogP contribution in [0.25, 0.3) is 0 Å². The Labute approximate surface area is 85.3 Å². The number of rotatable bonds is 4. The first-order chi connectivity index (χ1) is 6.68. The van der Waals surface area contributed by atoms with Gasteiger partial charge in [-0.15, -0.1) is 0 Å². The second-order valence-corrected chi connectivity index (χ2v) is 2.71. The SMILES string of the molecule is O=C(O)NCCNc1ccnc(Cl)n1. The average molecular weight is 217 g/mol. The summed E-state index contributed by atoms with van der Waals surface area (Å²) in [6.07, 6.45) is 0.468. The Morgan fingerprint density at radius 2 is 2.36 bits per heavy atom. The lowest BCUT2D eigenvalue weighted by molar-refractivity contribution is 0.195. The molecule has 1 aromatic heterocycles. The van der Waals surface area contributed by atoms with Gasteiger partial charge in [0, 0.05) is 19.3 Å². The van der Waals surface area contributed by atoms with Crippen molar-refractivity contribution < 1.29 is 9.90 Å². The first-order valence-electron chi connectivity index (χ1n) is 3.87. The fourth-order valence-corrected chi connectivity index (χ4v) is 0.941. The first-order valence-corrected chi connectivity index (χ1v) is 4.25. The van der Waals surface area contributed by atoms with Crippen LogP contribution in [0.3, 0.4) is 0 Å². The van der Waals surface area contributed by atoms with Gasteiger partial charge in [0.1, 0.15) is 5.82 Å². The van der Waals surface area contributed by atoms with Gasteiger partial charge in [-0.1, -0.05) is 0 Å². The number of carbonyl (C=O) groups is 1. The summed E-state index contributed by atoms with van der Waals surface area (Å²) in [6.45, 7) is 0.747. The molecule has 3 N–H and O–H groups in total. The number of carboxylic acid groups (broad SMARTS) is 1. The summed E-state index contributed by atoms with van der Waals surface area (Å²) in [5.41, 5.74) is 0. The van der Waals surface area contributed by atoms with E-state index in [0.717, 1.165) is 0 Å². The highest BCUT2D eigenvalue weighted by atomic mass is 35.5. The number of hydrogen-bond donors (Lipinski definition) is 3. The number of halogens is 1. The van der Waals surface area contributed by atoms with Crippen LogP contribution in [0.15, 0.2) is 12.3 Å². The molecule has 0 atom stereocenters. The van der Waals surface area contributed by atoms with Crippen LogP contribution < -0.4 is 10.6 Å². The van der Waals surface area contributed by atoms with Crippen molar-refractivity contribution in [3.63, 3.8) is 0 Å². The number of nitrogens with one attached hydrogen (secondary N) is 2. The standard InChI is InChI=1S/C7H9ClN4O2/c8-6-10-2-1-5(12-6)9-3-4-11-7(13)14/h1-2,11H,3-4H2,(H,13,14)(H,9,10,12). The van der Waals surface area contributed by atoms with Crippen LogP contribution in [0.1, 0.15) is 0 Å². The smallest absolute Gasteiger partial charge is 0.404 e. The van der Waals surface area contributed by atoms with E-state index in [-0.39, 0.29) is 5.28 Å². The Morgan fingerprint density at radius 3 is 3.00 bits per heavy atom. The lowest BCUT2D eigenvalue weighted by Crippen LogP contribution is -2.27. The Balaban J connectivity index is 2.28. The Morgan fingerprint density at radius 1 is 1.57 bits per heavy atom. The Bertz CT molecular complexity index is 320. The summed E-state index contributed by atoms with van der Waals surface area (Å²) in [7, 11) is 0. The molecular formula is C7H9ClN4O2. The van der Waals surface area contributed by atoms with E-state index in [1.807, 2.05) is 0 Å². The van der Waals surface area contributed by atoms with Gasteiger partial charge in [-0.25, -0.2) is 14.8 Å². The molecule has 0 fully saturated rings. The lowest BCUT2D eigenvalue weighted by atomic mass is 10.5. The van der Waals surface area contributed by atoms with Crippen molar-refractivity contribution in [1.82, 2.24) is 15.3 Å². The molecule has 1 heterocycles. The fourth-order valence-electron chi connectivity index (χ4n) is 0.793. The minimum absolute atomic E-state index is 0.154. The van der Waals surface area contributed by atoms with E-state index in [9.17, 15) is 4.79 Å². The maximum atomic E-state index is 10.1. The molecule has 0 aliphatic heterocycles. The van der Waals surface area contributed by atoms with Crippen LogP contribution in [0, 0.1) is 0 Å². The van der Waals surface area contributed by atoms with Gasteiger partial charge in [0.05, 0.1) is 0 Å². The molecule has 0 bridgehead atoms. The largest absolute Gasteiger partial charge is 0.465 e. The first kappa shape index (κ1) is 10.5. The predicted octanol–water partition coefficient (Wildman–Crippen LogP) is 0.809. The summed E-state index contributed by atoms with van der Waals surface area (Å²) in [5, 5.41) is 13.5. The molecule has 0 radical (unpaired) electrons. The number of nitrogens with zero attached hydrogens (tertiary/aromatic N) is 2. The molecule has 0 spiro atoms. The van der Waals surface area contributed by atoms with Crippen LogP contribution in [-0.2, 0) is 0 Å². The molecule has 0 aliphatic carbocycles. The number of anilines is 1. The normalized spacial score (nSPS) is 9.50. The predicted molar refractivity (Wildman–Crippen MR) is 51.6 cm³/mol. The number of hydrogen-bond acceptors (Lipinski definition) is 4. The van der Waals surface area contributed by atoms with Gasteiger partial charge >= 0.3 is 6.09 Å². The molecule has 0 saturated carbocycles. The van der Waals surface area contributed by atoms with E-state index in [1.54, 1.807) is 6.07 Å². The molecule has 1 rings (SSSR count). The fraction of sp³-hybridized carbons (Fsp3) is 0.286. The molecule has 76 valence electrons. The van der Waals surface area contributed by atoms with E-state index in [0.29, 0.717) is 18.9 Å². The van der Waals surface area contributed by atoms with Gasteiger partial charge in [0.2, 0.25) is 5.28 Å². The summed E-state index contributed by atoms with van der Waals surface area (Å²) in [4.78, 5) is 17.6. The Hall–Kier alpha value is -1.56. The zero-order valence-corrected chi connectivity index (χ0v) is 7.95. The topological polar surface area (TPSA) is 87.1 Å². The maximum Gasteiger partial charge on any atom is 0.404 e. The van der Waals surface area contributed by atoms with Crippen molar-refractivity contribution in [2.75, 3.05) is 18.4 Å². The molecule has 0 aromatic carbocycles. The van der Waals surface area contributed by atoms with Crippen molar-refractivity contribution in [1.29, 1.82) is 0 Å². The molecular weight excluding hydrogens is 208 g/mol. The molecule has 14 heavy (non-hydrogen) atoms. The van der Waals surface area contributed by atoms with Crippen LogP contribution in [-0.4, -0.2) is 34.3 Å². The molecule has 6 nitrogen and oxygen atoms in total. The number of amides is 1. The van der Waals surface area contributed by atoms with Gasteiger partial charge in [-0.3, -0.25) is 0 Å². The van der Waals surface area contributed by atoms with Gasteiger partial charge in [0.25, 0.3) is 0 Å². The highest BCUT2D eigenvalue weighted by Crippen LogP contribution is 2.04. The van der Waals surface area contributed by atoms with Crippen LogP contribution in [0.4, 0.5) is 10.6 Å². The third kappa shape index (κ3) is 3.90. The summed E-state index contributed by atoms with van der Waals surface area (Å²) in [6, 6.07) is 1.65. The van der Waals surface area contributed by atoms with Gasteiger partial charge in [-0.2, -0.15) is 0 Å². The van der Waals surface area contributed by atoms with Crippen molar-refractivity contribution in [3.8, 4) is 0 Å². The molecule has 0 saturated heterocycles. The third-order valence-corrected chi connectivity index (χ3v) is 1.52. The van der Waals surface area contributed by atoms with E-state index in [4.69, 9.17) is 16.7 Å². The van der Waals surface area contributed by atoms with E-state index in [1.165, 1.54) is 6.20 Å². The molecule has 7 heteroatoms. The summed E-state index contributed by atoms with van der Waals surface area (Å²) in [5.74, 6) is 0.567. The maximum absolute atomic E-state index is 10.1. The zero-order valence-electron chi connectivity index (χ0n) is 7.20. The van der Waals surface area contributed by atoms with Crippen molar-refractivity contribution in [3.05, 3.63) is 17.5 Å². The van der Waals surface area contributed by atoms with Crippen LogP contribution in [0.2, 0.25) is 5.28 Å². The molecule has 1 amide bonds. The average Bonchev–Trinajstić information content (AvgIpc) is 2.12. The Kier molecular flexibility index (Phi) is 3.93. The highest BCUT2D eigenvalue weighted by molar-refractivity contribution is 6.28. The minimum atomic E-state index is -1.05. The molecule has 0 unspecified atom stereocenters. The zero-order chi connectivity index (χ0) is 10.4. The van der Waals surface area contributed by atoms with Crippen LogP contribution >= 0.6 is 11.6 Å².